The quantitative estimate of drug-likeness (QED) is 0.690. The summed E-state index contributed by atoms with van der Waals surface area (Å²) in [5.41, 5.74) is 0. The van der Waals surface area contributed by atoms with E-state index in [4.69, 9.17) is 17.9 Å². The van der Waals surface area contributed by atoms with E-state index in [1.54, 1.807) is 0 Å². The third-order valence-corrected chi connectivity index (χ3v) is 10.9. The van der Waals surface area contributed by atoms with Crippen LogP contribution >= 0.6 is 17.9 Å². The zero-order valence-electron chi connectivity index (χ0n) is 5.99. The zero-order chi connectivity index (χ0) is 7.33. The fourth-order valence-electron chi connectivity index (χ4n) is 0.699. The predicted molar refractivity (Wildman–Crippen MR) is 47.7 cm³/mol. The van der Waals surface area contributed by atoms with Gasteiger partial charge in [-0.25, -0.2) is 0 Å². The summed E-state index contributed by atoms with van der Waals surface area (Å²) < 4.78 is 2.19. The van der Waals surface area contributed by atoms with Crippen molar-refractivity contribution in [1.29, 1.82) is 0 Å². The number of hydrogen-bond donors (Lipinski definition) is 0. The van der Waals surface area contributed by atoms with Crippen molar-refractivity contribution in [1.82, 2.24) is 0 Å². The number of rotatable bonds is 4. The van der Waals surface area contributed by atoms with Gasteiger partial charge in [0.15, 0.2) is 0 Å². The monoisotopic (exact) mass is 286 g/mol. The molecule has 0 spiro atoms. The molecule has 0 aromatic carbocycles. The topological polar surface area (TPSA) is 0 Å². The van der Waals surface area contributed by atoms with Gasteiger partial charge < -0.3 is 0 Å². The van der Waals surface area contributed by atoms with Crippen molar-refractivity contribution in [3.8, 4) is 0 Å². The van der Waals surface area contributed by atoms with Crippen molar-refractivity contribution in [2.45, 2.75) is 35.6 Å². The SMILES string of the molecule is CCC[Te](Cl)(Cl)CCC. The van der Waals surface area contributed by atoms with Crippen LogP contribution in [0.4, 0.5) is 0 Å². The maximum atomic E-state index is 6.09. The molecule has 0 aromatic rings. The molecule has 0 radical (unpaired) electrons. The zero-order valence-corrected chi connectivity index (χ0v) is 9.83. The van der Waals surface area contributed by atoms with E-state index in [1.807, 2.05) is 0 Å². The Labute approximate surface area is 69.2 Å². The van der Waals surface area contributed by atoms with Crippen molar-refractivity contribution in [3.63, 3.8) is 0 Å². The molecule has 0 aliphatic heterocycles. The Balaban J connectivity index is 3.43. The molecule has 3 heteroatoms. The van der Waals surface area contributed by atoms with E-state index >= 15 is 0 Å². The molecule has 0 fully saturated rings. The van der Waals surface area contributed by atoms with Crippen LogP contribution in [0.2, 0.25) is 8.94 Å². The maximum absolute atomic E-state index is 6.09. The van der Waals surface area contributed by atoms with Gasteiger partial charge in [-0.15, -0.1) is 0 Å². The first kappa shape index (κ1) is 10.4. The minimum atomic E-state index is -2.24. The first-order valence-electron chi connectivity index (χ1n) is 3.30. The first-order chi connectivity index (χ1) is 4.12. The Kier molecular flexibility index (Phi) is 5.85. The van der Waals surface area contributed by atoms with Crippen LogP contribution in [0.15, 0.2) is 0 Å². The summed E-state index contributed by atoms with van der Waals surface area (Å²) in [4.78, 5) is 0. The predicted octanol–water partition coefficient (Wildman–Crippen LogP) is 3.73. The third kappa shape index (κ3) is 5.80. The van der Waals surface area contributed by atoms with Crippen LogP contribution < -0.4 is 0 Å². The molecule has 0 N–H and O–H groups in total. The molecule has 0 aliphatic carbocycles. The fraction of sp³-hybridized carbons (Fsp3) is 1.00. The van der Waals surface area contributed by atoms with Crippen LogP contribution in [0.1, 0.15) is 26.7 Å². The average molecular weight is 285 g/mol. The average Bonchev–Trinajstić information content (AvgIpc) is 1.64. The van der Waals surface area contributed by atoms with Crippen molar-refractivity contribution in [2.75, 3.05) is 0 Å². The third-order valence-electron chi connectivity index (χ3n) is 1.01. The molecule has 9 heavy (non-hydrogen) atoms. The molecule has 0 rings (SSSR count). The summed E-state index contributed by atoms with van der Waals surface area (Å²) in [6, 6.07) is 0. The second-order valence-corrected chi connectivity index (χ2v) is 17.4. The Morgan fingerprint density at radius 1 is 1.00 bits per heavy atom. The van der Waals surface area contributed by atoms with Crippen LogP contribution in [0, 0.1) is 0 Å². The number of halogens is 2. The van der Waals surface area contributed by atoms with E-state index in [1.165, 1.54) is 0 Å². The molecule has 0 aromatic heterocycles. The van der Waals surface area contributed by atoms with Gasteiger partial charge in [0.05, 0.1) is 0 Å². The van der Waals surface area contributed by atoms with Gasteiger partial charge in [-0.1, -0.05) is 0 Å². The molecule has 0 amide bonds. The summed E-state index contributed by atoms with van der Waals surface area (Å²) in [6.45, 7) is 4.28. The normalized spacial score (nSPS) is 13.8. The van der Waals surface area contributed by atoms with Crippen LogP contribution in [0.3, 0.4) is 0 Å². The van der Waals surface area contributed by atoms with E-state index in [9.17, 15) is 0 Å². The Hall–Kier alpha value is 1.37. The Morgan fingerprint density at radius 3 is 1.56 bits per heavy atom. The van der Waals surface area contributed by atoms with Gasteiger partial charge in [-0.3, -0.25) is 0 Å². The van der Waals surface area contributed by atoms with E-state index in [-0.39, 0.29) is 0 Å². The molecule has 0 atom stereocenters. The molecule has 0 saturated heterocycles. The molecular weight excluding hydrogens is 271 g/mol. The molecule has 0 nitrogen and oxygen atoms in total. The summed E-state index contributed by atoms with van der Waals surface area (Å²) in [5, 5.41) is 0. The van der Waals surface area contributed by atoms with Crippen LogP contribution in [0.25, 0.3) is 0 Å². The summed E-state index contributed by atoms with van der Waals surface area (Å²) in [5.74, 6) is 0. The first-order valence-corrected chi connectivity index (χ1v) is 12.5. The molecule has 0 bridgehead atoms. The van der Waals surface area contributed by atoms with Gasteiger partial charge in [0.25, 0.3) is 0 Å². The molecule has 0 heterocycles. The molecule has 58 valence electrons. The van der Waals surface area contributed by atoms with Gasteiger partial charge in [0.1, 0.15) is 0 Å². The van der Waals surface area contributed by atoms with Crippen molar-refractivity contribution in [3.05, 3.63) is 0 Å². The molecule has 0 unspecified atom stereocenters. The van der Waals surface area contributed by atoms with Crippen LogP contribution in [-0.4, -0.2) is 15.9 Å². The van der Waals surface area contributed by atoms with E-state index < -0.39 is 15.9 Å². The summed E-state index contributed by atoms with van der Waals surface area (Å²) >= 11 is -2.24. The molecule has 0 saturated carbocycles. The Bertz CT molecular complexity index is 65.5. The van der Waals surface area contributed by atoms with Gasteiger partial charge in [0, 0.05) is 0 Å². The summed E-state index contributed by atoms with van der Waals surface area (Å²) in [6.07, 6.45) is 2.29. The van der Waals surface area contributed by atoms with Gasteiger partial charge in [-0.05, 0) is 0 Å². The van der Waals surface area contributed by atoms with Crippen LogP contribution in [-0.2, 0) is 0 Å². The molecule has 0 aliphatic rings. The standard InChI is InChI=1S/C6H14Cl2Te/c1-3-5-9(7,8)6-4-2/h3-6H2,1-2H3. The van der Waals surface area contributed by atoms with E-state index in [0.29, 0.717) is 0 Å². The van der Waals surface area contributed by atoms with Crippen molar-refractivity contribution < 1.29 is 0 Å². The second kappa shape index (κ2) is 5.08. The van der Waals surface area contributed by atoms with Crippen molar-refractivity contribution in [2.24, 2.45) is 0 Å². The van der Waals surface area contributed by atoms with E-state index in [2.05, 4.69) is 13.8 Å². The fourth-order valence-corrected chi connectivity index (χ4v) is 8.83. The van der Waals surface area contributed by atoms with Gasteiger partial charge in [-0.2, -0.15) is 0 Å². The number of hydrogen-bond acceptors (Lipinski definition) is 0. The van der Waals surface area contributed by atoms with Gasteiger partial charge >= 0.3 is 69.5 Å². The minimum absolute atomic E-state index is 1.10. The van der Waals surface area contributed by atoms with Crippen LogP contribution in [0.5, 0.6) is 0 Å². The summed E-state index contributed by atoms with van der Waals surface area (Å²) in [7, 11) is 12.2. The Morgan fingerprint density at radius 2 is 1.33 bits per heavy atom. The second-order valence-electron chi connectivity index (χ2n) is 2.11. The molecular formula is C6H14Cl2Te. The van der Waals surface area contributed by atoms with Gasteiger partial charge in [0.2, 0.25) is 0 Å². The van der Waals surface area contributed by atoms with Crippen molar-refractivity contribution >= 4 is 33.9 Å². The van der Waals surface area contributed by atoms with E-state index in [0.717, 1.165) is 21.8 Å².